The molecule has 6 aliphatic rings. The van der Waals surface area contributed by atoms with Crippen molar-refractivity contribution in [3.63, 3.8) is 0 Å². The third-order valence-electron chi connectivity index (χ3n) is 8.24. The van der Waals surface area contributed by atoms with E-state index in [2.05, 4.69) is 47.8 Å². The van der Waals surface area contributed by atoms with Crippen LogP contribution in [0.3, 0.4) is 0 Å². The van der Waals surface area contributed by atoms with Crippen LogP contribution in [0.1, 0.15) is 116 Å². The van der Waals surface area contributed by atoms with Crippen LogP contribution in [-0.2, 0) is 0 Å². The Morgan fingerprint density at radius 3 is 1.59 bits per heavy atom. The zero-order valence-electron chi connectivity index (χ0n) is 18.8. The van der Waals surface area contributed by atoms with E-state index in [1.165, 1.54) is 101 Å². The van der Waals surface area contributed by atoms with Gasteiger partial charge in [-0.25, -0.2) is 0 Å². The van der Waals surface area contributed by atoms with Crippen LogP contribution in [0.25, 0.3) is 0 Å². The molecule has 0 aromatic carbocycles. The fourth-order valence-corrected chi connectivity index (χ4v) is 9.48. The van der Waals surface area contributed by atoms with Gasteiger partial charge >= 0.3 is 0 Å². The van der Waals surface area contributed by atoms with E-state index in [9.17, 15) is 0 Å². The first kappa shape index (κ1) is 22.4. The lowest BCUT2D eigenvalue weighted by molar-refractivity contribution is 0.337. The van der Waals surface area contributed by atoms with Crippen LogP contribution >= 0.6 is 23.5 Å². The summed E-state index contributed by atoms with van der Waals surface area (Å²) in [7, 11) is 0. The maximum absolute atomic E-state index is 2.42. The van der Waals surface area contributed by atoms with E-state index < -0.39 is 0 Å². The predicted molar refractivity (Wildman–Crippen MR) is 134 cm³/mol. The fourth-order valence-electron chi connectivity index (χ4n) is 6.08. The molecule has 1 atom stereocenters. The van der Waals surface area contributed by atoms with Crippen LogP contribution < -0.4 is 0 Å². The van der Waals surface area contributed by atoms with E-state index in [0.29, 0.717) is 9.49 Å². The zero-order valence-corrected chi connectivity index (χ0v) is 20.4. The van der Waals surface area contributed by atoms with E-state index in [0.717, 1.165) is 5.41 Å². The summed E-state index contributed by atoms with van der Waals surface area (Å²) in [5, 5.41) is 0. The van der Waals surface area contributed by atoms with Gasteiger partial charge in [-0.1, -0.05) is 69.2 Å². The highest BCUT2D eigenvalue weighted by Gasteiger charge is 2.42. The summed E-state index contributed by atoms with van der Waals surface area (Å²) in [6, 6.07) is 0. The second-order valence-corrected chi connectivity index (χ2v) is 13.8. The highest BCUT2D eigenvalue weighted by atomic mass is 32.2. The second-order valence-electron chi connectivity index (χ2n) is 10.6. The topological polar surface area (TPSA) is 0 Å². The van der Waals surface area contributed by atoms with Gasteiger partial charge in [-0.3, -0.25) is 0 Å². The van der Waals surface area contributed by atoms with E-state index >= 15 is 0 Å². The Bertz CT molecular complexity index is 535. The van der Waals surface area contributed by atoms with Crippen molar-refractivity contribution >= 4 is 23.5 Å². The van der Waals surface area contributed by atoms with Gasteiger partial charge in [0.05, 0.1) is 4.08 Å². The molecule has 3 saturated carbocycles. The van der Waals surface area contributed by atoms with Crippen molar-refractivity contribution in [2.75, 3.05) is 11.5 Å². The molecule has 0 radical (unpaired) electrons. The first-order chi connectivity index (χ1) is 14.2. The number of allylic oxidation sites excluding steroid dienone is 4. The predicted octanol–water partition coefficient (Wildman–Crippen LogP) is 9.31. The average molecular weight is 433 g/mol. The Morgan fingerprint density at radius 1 is 0.483 bits per heavy atom. The maximum atomic E-state index is 2.42. The van der Waals surface area contributed by atoms with Crippen LogP contribution in [-0.4, -0.2) is 15.6 Å². The largest absolute Gasteiger partial charge is 0.143 e. The Balaban J connectivity index is 0.000000107. The van der Waals surface area contributed by atoms with Crippen molar-refractivity contribution in [3.05, 3.63) is 24.3 Å². The molecule has 1 unspecified atom stereocenters. The molecule has 1 aliphatic heterocycles. The maximum Gasteiger partial charge on any atom is 0.0611 e. The molecule has 2 heteroatoms. The molecule has 1 saturated heterocycles. The standard InChI is InChI=1S/C10H14.C9H16S2.C8H14/c1-2-6-10(7-3-1)8-4-5-9-10;1-2-4-6-9(5-3-1)10-7-8-11-9;1-2-4-8(5-3-1)6-7-8/h2,4,6,8H,1,3,5,7,9H2;1-8H2;1-7H2. The van der Waals surface area contributed by atoms with Crippen LogP contribution in [0.15, 0.2) is 24.3 Å². The second kappa shape index (κ2) is 10.7. The van der Waals surface area contributed by atoms with Crippen molar-refractivity contribution < 1.29 is 0 Å². The monoisotopic (exact) mass is 432 g/mol. The number of hydrogen-bond donors (Lipinski definition) is 0. The van der Waals surface area contributed by atoms with Crippen molar-refractivity contribution in [1.29, 1.82) is 0 Å². The Hall–Kier alpha value is 0.180. The molecule has 0 aromatic heterocycles. The van der Waals surface area contributed by atoms with Crippen molar-refractivity contribution in [2.45, 2.75) is 120 Å². The first-order valence-electron chi connectivity index (χ1n) is 12.9. The zero-order chi connectivity index (χ0) is 19.9. The van der Waals surface area contributed by atoms with E-state index in [1.807, 2.05) is 0 Å². The summed E-state index contributed by atoms with van der Waals surface area (Å²) in [5.74, 6) is 2.81. The van der Waals surface area contributed by atoms with Crippen LogP contribution in [0.2, 0.25) is 0 Å². The van der Waals surface area contributed by atoms with Crippen molar-refractivity contribution in [1.82, 2.24) is 0 Å². The van der Waals surface area contributed by atoms with Gasteiger partial charge in [0, 0.05) is 16.9 Å². The molecule has 0 aromatic rings. The summed E-state index contributed by atoms with van der Waals surface area (Å²) in [6.45, 7) is 0. The Kier molecular flexibility index (Phi) is 8.23. The molecule has 0 amide bonds. The molecular formula is C27H44S2. The van der Waals surface area contributed by atoms with Gasteiger partial charge < -0.3 is 0 Å². The van der Waals surface area contributed by atoms with Gasteiger partial charge in [0.1, 0.15) is 0 Å². The summed E-state index contributed by atoms with van der Waals surface area (Å²) >= 11 is 4.48. The molecule has 1 heterocycles. The summed E-state index contributed by atoms with van der Waals surface area (Å²) in [5.41, 5.74) is 1.44. The van der Waals surface area contributed by atoms with Gasteiger partial charge in [-0.15, -0.1) is 23.5 Å². The van der Waals surface area contributed by atoms with Crippen molar-refractivity contribution in [2.24, 2.45) is 10.8 Å². The van der Waals surface area contributed by atoms with E-state index in [1.54, 1.807) is 25.7 Å². The molecule has 4 fully saturated rings. The van der Waals surface area contributed by atoms with Gasteiger partial charge in [0.15, 0.2) is 0 Å². The highest BCUT2D eigenvalue weighted by molar-refractivity contribution is 8.21. The lowest BCUT2D eigenvalue weighted by Crippen LogP contribution is -2.14. The molecule has 164 valence electrons. The third-order valence-corrected chi connectivity index (χ3v) is 11.9. The lowest BCUT2D eigenvalue weighted by atomic mass is 9.79. The van der Waals surface area contributed by atoms with Crippen LogP contribution in [0.4, 0.5) is 0 Å². The normalized spacial score (nSPS) is 33.7. The quantitative estimate of drug-likeness (QED) is 0.350. The molecular weight excluding hydrogens is 388 g/mol. The number of hydrogen-bond acceptors (Lipinski definition) is 2. The highest BCUT2D eigenvalue weighted by Crippen LogP contribution is 2.56. The number of thioether (sulfide) groups is 2. The van der Waals surface area contributed by atoms with Gasteiger partial charge in [-0.2, -0.15) is 0 Å². The lowest BCUT2D eigenvalue weighted by Gasteiger charge is -2.26. The molecule has 0 bridgehead atoms. The molecule has 0 N–H and O–H groups in total. The third kappa shape index (κ3) is 6.58. The van der Waals surface area contributed by atoms with Gasteiger partial charge in [0.2, 0.25) is 0 Å². The van der Waals surface area contributed by atoms with Crippen LogP contribution in [0, 0.1) is 10.8 Å². The van der Waals surface area contributed by atoms with E-state index in [4.69, 9.17) is 0 Å². The van der Waals surface area contributed by atoms with Crippen LogP contribution in [0.5, 0.6) is 0 Å². The minimum absolute atomic E-state index is 0.512. The first-order valence-corrected chi connectivity index (χ1v) is 14.8. The Morgan fingerprint density at radius 2 is 1.07 bits per heavy atom. The SMILES string of the molecule is C1=CC2(C=CCC2)CCC1.C1CCC2(CC1)CC2.C1CCCC2(CC1)SCCS2. The summed E-state index contributed by atoms with van der Waals surface area (Å²) < 4.78 is 0.691. The molecule has 6 rings (SSSR count). The minimum atomic E-state index is 0.512. The average Bonchev–Trinajstić information content (AvgIpc) is 3.18. The van der Waals surface area contributed by atoms with E-state index in [-0.39, 0.29) is 0 Å². The molecule has 3 spiro atoms. The minimum Gasteiger partial charge on any atom is -0.143 e. The van der Waals surface area contributed by atoms with Gasteiger partial charge in [0.25, 0.3) is 0 Å². The summed E-state index contributed by atoms with van der Waals surface area (Å²) in [6.07, 6.45) is 36.0. The Labute approximate surface area is 189 Å². The van der Waals surface area contributed by atoms with Gasteiger partial charge in [-0.05, 0) is 76.0 Å². The molecule has 0 nitrogen and oxygen atoms in total. The van der Waals surface area contributed by atoms with Crippen molar-refractivity contribution in [3.8, 4) is 0 Å². The number of rotatable bonds is 0. The molecule has 29 heavy (non-hydrogen) atoms. The smallest absolute Gasteiger partial charge is 0.0611 e. The fraction of sp³-hybridized carbons (Fsp3) is 0.852. The molecule has 5 aliphatic carbocycles. The summed E-state index contributed by atoms with van der Waals surface area (Å²) in [4.78, 5) is 0.